The van der Waals surface area contributed by atoms with Crippen LogP contribution in [0.2, 0.25) is 0 Å². The highest BCUT2D eigenvalue weighted by Crippen LogP contribution is 2.13. The zero-order valence-electron chi connectivity index (χ0n) is 12.1. The van der Waals surface area contributed by atoms with Gasteiger partial charge in [0.05, 0.1) is 0 Å². The van der Waals surface area contributed by atoms with E-state index in [2.05, 4.69) is 35.8 Å². The molecule has 2 heterocycles. The monoisotopic (exact) mass is 277 g/mol. The molecule has 2 rings (SSSR count). The predicted octanol–water partition coefficient (Wildman–Crippen LogP) is 0.615. The molecule has 0 fully saturated rings. The van der Waals surface area contributed by atoms with Crippen LogP contribution in [0.15, 0.2) is 12.7 Å². The molecule has 20 heavy (non-hydrogen) atoms. The van der Waals surface area contributed by atoms with E-state index in [0.29, 0.717) is 17.8 Å². The van der Waals surface area contributed by atoms with Crippen LogP contribution in [0.25, 0.3) is 0 Å². The van der Waals surface area contributed by atoms with Gasteiger partial charge in [-0.05, 0) is 20.8 Å². The van der Waals surface area contributed by atoms with Crippen molar-refractivity contribution in [1.29, 1.82) is 0 Å². The first kappa shape index (κ1) is 14.0. The second kappa shape index (κ2) is 6.13. The fraction of sp³-hybridized carbons (Fsp3) is 0.545. The number of nitrogens with one attached hydrogen (secondary N) is 2. The van der Waals surface area contributed by atoms with Gasteiger partial charge in [-0.25, -0.2) is 9.69 Å². The maximum absolute atomic E-state index is 4.39. The molecule has 0 aromatic carbocycles. The summed E-state index contributed by atoms with van der Waals surface area (Å²) < 4.78 is 1.68. The quantitative estimate of drug-likeness (QED) is 0.793. The van der Waals surface area contributed by atoms with Crippen LogP contribution in [0.4, 0.5) is 17.8 Å². The van der Waals surface area contributed by atoms with Crippen LogP contribution in [-0.2, 0) is 0 Å². The topological polar surface area (TPSA) is 96.7 Å². The van der Waals surface area contributed by atoms with Crippen LogP contribution < -0.4 is 15.6 Å². The number of hydrogen-bond donors (Lipinski definition) is 2. The van der Waals surface area contributed by atoms with Crippen molar-refractivity contribution in [3.63, 3.8) is 0 Å². The third-order valence-electron chi connectivity index (χ3n) is 2.42. The van der Waals surface area contributed by atoms with Crippen molar-refractivity contribution in [2.75, 3.05) is 29.2 Å². The molecule has 9 nitrogen and oxygen atoms in total. The summed E-state index contributed by atoms with van der Waals surface area (Å²) in [4.78, 5) is 13.1. The minimum Gasteiger partial charge on any atom is -0.354 e. The zero-order chi connectivity index (χ0) is 14.5. The molecular weight excluding hydrogens is 258 g/mol. The maximum atomic E-state index is 4.39. The lowest BCUT2D eigenvalue weighted by molar-refractivity contribution is 0.733. The molecule has 0 amide bonds. The minimum absolute atomic E-state index is 0.236. The molecule has 0 aliphatic carbocycles. The first-order valence-corrected chi connectivity index (χ1v) is 6.45. The third kappa shape index (κ3) is 3.31. The molecule has 0 saturated heterocycles. The Morgan fingerprint density at radius 2 is 1.80 bits per heavy atom. The van der Waals surface area contributed by atoms with Gasteiger partial charge in [-0.3, -0.25) is 0 Å². The normalized spacial score (nSPS) is 10.7. The summed E-state index contributed by atoms with van der Waals surface area (Å²) in [6.07, 6.45) is 3.15. The molecule has 0 aliphatic rings. The standard InChI is InChI=1S/C11H19N9/c1-5-12-9-16-10(15-8(2)3)18-11(17-9)19(4)20-6-13-14-7-20/h6-8H,5H2,1-4H3,(H2,12,15,16,17,18). The molecule has 0 aliphatic heterocycles. The van der Waals surface area contributed by atoms with Crippen molar-refractivity contribution < 1.29 is 0 Å². The Hall–Kier alpha value is -2.45. The molecular formula is C11H19N9. The summed E-state index contributed by atoms with van der Waals surface area (Å²) in [5.41, 5.74) is 0. The summed E-state index contributed by atoms with van der Waals surface area (Å²) in [5.74, 6) is 1.56. The second-order valence-corrected chi connectivity index (χ2v) is 4.48. The SMILES string of the molecule is CCNc1nc(NC(C)C)nc(N(C)n2cnnc2)n1. The second-order valence-electron chi connectivity index (χ2n) is 4.48. The van der Waals surface area contributed by atoms with E-state index >= 15 is 0 Å². The Bertz CT molecular complexity index is 537. The summed E-state index contributed by atoms with van der Waals surface area (Å²) >= 11 is 0. The van der Waals surface area contributed by atoms with E-state index < -0.39 is 0 Å². The minimum atomic E-state index is 0.236. The molecule has 108 valence electrons. The predicted molar refractivity (Wildman–Crippen MR) is 76.6 cm³/mol. The van der Waals surface area contributed by atoms with E-state index in [1.54, 1.807) is 22.3 Å². The van der Waals surface area contributed by atoms with E-state index in [0.717, 1.165) is 6.54 Å². The van der Waals surface area contributed by atoms with Crippen LogP contribution in [0.1, 0.15) is 20.8 Å². The fourth-order valence-corrected chi connectivity index (χ4v) is 1.52. The first-order valence-electron chi connectivity index (χ1n) is 6.45. The Balaban J connectivity index is 2.33. The molecule has 9 heteroatoms. The van der Waals surface area contributed by atoms with Crippen molar-refractivity contribution in [3.8, 4) is 0 Å². The highest BCUT2D eigenvalue weighted by atomic mass is 15.6. The van der Waals surface area contributed by atoms with Crippen molar-refractivity contribution in [2.45, 2.75) is 26.8 Å². The number of hydrogen-bond acceptors (Lipinski definition) is 8. The molecule has 2 N–H and O–H groups in total. The Morgan fingerprint density at radius 1 is 1.15 bits per heavy atom. The highest BCUT2D eigenvalue weighted by molar-refractivity contribution is 5.43. The first-order chi connectivity index (χ1) is 9.60. The van der Waals surface area contributed by atoms with Crippen molar-refractivity contribution in [1.82, 2.24) is 29.8 Å². The number of aromatic nitrogens is 6. The van der Waals surface area contributed by atoms with Crippen LogP contribution in [0.5, 0.6) is 0 Å². The lowest BCUT2D eigenvalue weighted by Gasteiger charge is -2.18. The van der Waals surface area contributed by atoms with Gasteiger partial charge in [0.2, 0.25) is 11.9 Å². The zero-order valence-corrected chi connectivity index (χ0v) is 12.1. The molecule has 0 unspecified atom stereocenters. The van der Waals surface area contributed by atoms with Gasteiger partial charge >= 0.3 is 0 Å². The molecule has 0 bridgehead atoms. The van der Waals surface area contributed by atoms with Gasteiger partial charge in [0.1, 0.15) is 12.7 Å². The average molecular weight is 277 g/mol. The molecule has 0 radical (unpaired) electrons. The van der Waals surface area contributed by atoms with Crippen LogP contribution in [0, 0.1) is 0 Å². The van der Waals surface area contributed by atoms with E-state index in [1.165, 1.54) is 0 Å². The van der Waals surface area contributed by atoms with E-state index in [1.807, 2.05) is 27.8 Å². The van der Waals surface area contributed by atoms with Crippen LogP contribution in [0.3, 0.4) is 0 Å². The Morgan fingerprint density at radius 3 is 2.40 bits per heavy atom. The summed E-state index contributed by atoms with van der Waals surface area (Å²) in [5, 5.41) is 15.5. The van der Waals surface area contributed by atoms with Gasteiger partial charge in [0.15, 0.2) is 0 Å². The number of nitrogens with zero attached hydrogens (tertiary/aromatic N) is 7. The highest BCUT2D eigenvalue weighted by Gasteiger charge is 2.12. The molecule has 2 aromatic rings. The van der Waals surface area contributed by atoms with E-state index in [9.17, 15) is 0 Å². The van der Waals surface area contributed by atoms with Gasteiger partial charge < -0.3 is 10.6 Å². The molecule has 0 saturated carbocycles. The number of anilines is 3. The van der Waals surface area contributed by atoms with Crippen molar-refractivity contribution >= 4 is 17.8 Å². The molecule has 0 atom stereocenters. The largest absolute Gasteiger partial charge is 0.354 e. The number of rotatable bonds is 6. The van der Waals surface area contributed by atoms with Crippen LogP contribution in [-0.4, -0.2) is 49.5 Å². The van der Waals surface area contributed by atoms with Crippen molar-refractivity contribution in [3.05, 3.63) is 12.7 Å². The average Bonchev–Trinajstić information content (AvgIpc) is 2.91. The van der Waals surface area contributed by atoms with Gasteiger partial charge in [-0.15, -0.1) is 10.2 Å². The van der Waals surface area contributed by atoms with Crippen LogP contribution >= 0.6 is 0 Å². The third-order valence-corrected chi connectivity index (χ3v) is 2.42. The lowest BCUT2D eigenvalue weighted by atomic mass is 10.4. The lowest BCUT2D eigenvalue weighted by Crippen LogP contribution is -2.26. The Kier molecular flexibility index (Phi) is 4.28. The van der Waals surface area contributed by atoms with Gasteiger partial charge in [0, 0.05) is 19.6 Å². The maximum Gasteiger partial charge on any atom is 0.251 e. The smallest absolute Gasteiger partial charge is 0.251 e. The van der Waals surface area contributed by atoms with Gasteiger partial charge in [-0.1, -0.05) is 0 Å². The summed E-state index contributed by atoms with van der Waals surface area (Å²) in [6, 6.07) is 0.236. The van der Waals surface area contributed by atoms with E-state index in [-0.39, 0.29) is 6.04 Å². The summed E-state index contributed by atoms with van der Waals surface area (Å²) in [7, 11) is 1.83. The molecule has 2 aromatic heterocycles. The van der Waals surface area contributed by atoms with Gasteiger partial charge in [0.25, 0.3) is 5.95 Å². The van der Waals surface area contributed by atoms with Gasteiger partial charge in [-0.2, -0.15) is 15.0 Å². The van der Waals surface area contributed by atoms with E-state index in [4.69, 9.17) is 0 Å². The van der Waals surface area contributed by atoms with Crippen molar-refractivity contribution in [2.24, 2.45) is 0 Å². The summed E-state index contributed by atoms with van der Waals surface area (Å²) in [6.45, 7) is 6.78. The molecule has 0 spiro atoms. The Labute approximate surface area is 117 Å². The fourth-order valence-electron chi connectivity index (χ4n) is 1.52.